The van der Waals surface area contributed by atoms with E-state index in [1.54, 1.807) is 6.92 Å². The number of nitrogens with zero attached hydrogens (tertiary/aromatic N) is 1. The molecule has 2 aromatic rings. The van der Waals surface area contributed by atoms with Crippen molar-refractivity contribution in [1.29, 1.82) is 0 Å². The van der Waals surface area contributed by atoms with Gasteiger partial charge >= 0.3 is 6.03 Å². The van der Waals surface area contributed by atoms with Crippen LogP contribution in [-0.2, 0) is 11.3 Å². The molecule has 0 aromatic heterocycles. The molecule has 3 N–H and O–H groups in total. The Morgan fingerprint density at radius 2 is 1.92 bits per heavy atom. The van der Waals surface area contributed by atoms with E-state index >= 15 is 0 Å². The second-order valence-electron chi connectivity index (χ2n) is 5.85. The first-order valence-corrected chi connectivity index (χ1v) is 8.07. The first-order chi connectivity index (χ1) is 12.4. The van der Waals surface area contributed by atoms with Gasteiger partial charge in [-0.3, -0.25) is 10.1 Å². The summed E-state index contributed by atoms with van der Waals surface area (Å²) in [6.45, 7) is 4.07. The number of aromatic hydroxyl groups is 1. The number of nitro groups is 1. The number of nitrogens with one attached hydrogen (secondary N) is 2. The number of nitro benzene ring substituents is 1. The monoisotopic (exact) mass is 359 g/mol. The SMILES string of the molecule is CC(NC(=O)Nc1ccc([N+](=O)[O-])cc1O)C(C)OCc1ccccc1. The fraction of sp³-hybridized carbons (Fsp3) is 0.278. The zero-order valence-electron chi connectivity index (χ0n) is 14.5. The van der Waals surface area contributed by atoms with Gasteiger partial charge in [0.15, 0.2) is 0 Å². The van der Waals surface area contributed by atoms with Crippen molar-refractivity contribution in [2.45, 2.75) is 32.6 Å². The third-order valence-electron chi connectivity index (χ3n) is 3.86. The van der Waals surface area contributed by atoms with E-state index in [0.29, 0.717) is 6.61 Å². The van der Waals surface area contributed by atoms with Crippen LogP contribution in [0.25, 0.3) is 0 Å². The lowest BCUT2D eigenvalue weighted by atomic mass is 10.2. The summed E-state index contributed by atoms with van der Waals surface area (Å²) >= 11 is 0. The van der Waals surface area contributed by atoms with E-state index in [1.165, 1.54) is 12.1 Å². The van der Waals surface area contributed by atoms with Crippen molar-refractivity contribution < 1.29 is 19.6 Å². The largest absolute Gasteiger partial charge is 0.506 e. The third kappa shape index (κ3) is 5.45. The van der Waals surface area contributed by atoms with E-state index in [9.17, 15) is 20.0 Å². The number of phenolic OH excluding ortho intramolecular Hbond substituents is 1. The Balaban J connectivity index is 1.85. The molecule has 0 aliphatic heterocycles. The second-order valence-corrected chi connectivity index (χ2v) is 5.85. The zero-order valence-corrected chi connectivity index (χ0v) is 14.5. The Morgan fingerprint density at radius 1 is 1.23 bits per heavy atom. The highest BCUT2D eigenvalue weighted by Gasteiger charge is 2.17. The molecule has 0 fully saturated rings. The molecule has 0 spiro atoms. The molecule has 2 aromatic carbocycles. The molecule has 8 nitrogen and oxygen atoms in total. The summed E-state index contributed by atoms with van der Waals surface area (Å²) < 4.78 is 5.74. The quantitative estimate of drug-likeness (QED) is 0.398. The predicted octanol–water partition coefficient (Wildman–Crippen LogP) is 3.42. The van der Waals surface area contributed by atoms with Gasteiger partial charge in [0.2, 0.25) is 0 Å². The van der Waals surface area contributed by atoms with Gasteiger partial charge in [-0.15, -0.1) is 0 Å². The Hall–Kier alpha value is -3.13. The lowest BCUT2D eigenvalue weighted by molar-refractivity contribution is -0.384. The molecule has 0 aliphatic rings. The molecule has 0 saturated heterocycles. The van der Waals surface area contributed by atoms with Crippen molar-refractivity contribution in [3.8, 4) is 5.75 Å². The number of carbonyl (C=O) groups excluding carboxylic acids is 1. The van der Waals surface area contributed by atoms with Crippen LogP contribution in [0.1, 0.15) is 19.4 Å². The maximum atomic E-state index is 12.0. The van der Waals surface area contributed by atoms with Crippen LogP contribution in [0.4, 0.5) is 16.2 Å². The van der Waals surface area contributed by atoms with Gasteiger partial charge in [0.1, 0.15) is 5.75 Å². The van der Waals surface area contributed by atoms with Crippen molar-refractivity contribution in [1.82, 2.24) is 5.32 Å². The lowest BCUT2D eigenvalue weighted by Gasteiger charge is -2.22. The van der Waals surface area contributed by atoms with Gasteiger partial charge in [-0.1, -0.05) is 30.3 Å². The average Bonchev–Trinajstić information content (AvgIpc) is 2.62. The van der Waals surface area contributed by atoms with Crippen LogP contribution in [0, 0.1) is 10.1 Å². The highest BCUT2D eigenvalue weighted by molar-refractivity contribution is 5.91. The first-order valence-electron chi connectivity index (χ1n) is 8.07. The molecule has 2 unspecified atom stereocenters. The molecule has 0 aliphatic carbocycles. The molecule has 8 heteroatoms. The molecule has 0 radical (unpaired) electrons. The van der Waals surface area contributed by atoms with E-state index in [2.05, 4.69) is 10.6 Å². The molecular weight excluding hydrogens is 338 g/mol. The van der Waals surface area contributed by atoms with Crippen molar-refractivity contribution in [2.75, 3.05) is 5.32 Å². The Kier molecular flexibility index (Phi) is 6.51. The minimum atomic E-state index is -0.628. The summed E-state index contributed by atoms with van der Waals surface area (Å²) in [5, 5.41) is 25.6. The molecule has 2 amide bonds. The van der Waals surface area contributed by atoms with E-state index in [0.717, 1.165) is 11.6 Å². The predicted molar refractivity (Wildman–Crippen MR) is 97.1 cm³/mol. The Labute approximate surface area is 151 Å². The second kappa shape index (κ2) is 8.82. The first kappa shape index (κ1) is 19.2. The summed E-state index contributed by atoms with van der Waals surface area (Å²) in [7, 11) is 0. The van der Waals surface area contributed by atoms with Gasteiger partial charge in [-0.2, -0.15) is 0 Å². The number of anilines is 1. The Bertz CT molecular complexity index is 767. The van der Waals surface area contributed by atoms with Crippen LogP contribution in [0.5, 0.6) is 5.75 Å². The third-order valence-corrected chi connectivity index (χ3v) is 3.86. The summed E-state index contributed by atoms with van der Waals surface area (Å²) in [5.74, 6) is -0.379. The molecule has 138 valence electrons. The van der Waals surface area contributed by atoms with E-state index in [-0.39, 0.29) is 29.3 Å². The normalized spacial score (nSPS) is 12.8. The summed E-state index contributed by atoms with van der Waals surface area (Å²) in [4.78, 5) is 22.1. The maximum Gasteiger partial charge on any atom is 0.319 e. The number of hydrogen-bond donors (Lipinski definition) is 3. The van der Waals surface area contributed by atoms with Gasteiger partial charge in [0.25, 0.3) is 5.69 Å². The van der Waals surface area contributed by atoms with Crippen molar-refractivity contribution in [3.05, 3.63) is 64.2 Å². The van der Waals surface area contributed by atoms with Crippen molar-refractivity contribution in [2.24, 2.45) is 0 Å². The molecule has 0 heterocycles. The molecule has 0 saturated carbocycles. The van der Waals surface area contributed by atoms with Gasteiger partial charge in [-0.25, -0.2) is 4.79 Å². The van der Waals surface area contributed by atoms with Crippen LogP contribution in [0.15, 0.2) is 48.5 Å². The highest BCUT2D eigenvalue weighted by Crippen LogP contribution is 2.27. The molecule has 2 atom stereocenters. The fourth-order valence-electron chi connectivity index (χ4n) is 2.17. The minimum Gasteiger partial charge on any atom is -0.506 e. The zero-order chi connectivity index (χ0) is 19.1. The van der Waals surface area contributed by atoms with E-state index < -0.39 is 11.0 Å². The highest BCUT2D eigenvalue weighted by atomic mass is 16.6. The van der Waals surface area contributed by atoms with Gasteiger partial charge in [0.05, 0.1) is 35.4 Å². The number of amides is 2. The summed E-state index contributed by atoms with van der Waals surface area (Å²) in [6.07, 6.45) is -0.244. The van der Waals surface area contributed by atoms with E-state index in [4.69, 9.17) is 4.74 Å². The molecule has 0 bridgehead atoms. The van der Waals surface area contributed by atoms with Gasteiger partial charge in [-0.05, 0) is 25.5 Å². The number of hydrogen-bond acceptors (Lipinski definition) is 5. The number of carbonyl (C=O) groups is 1. The summed E-state index contributed by atoms with van der Waals surface area (Å²) in [6, 6.07) is 12.3. The number of urea groups is 1. The lowest BCUT2D eigenvalue weighted by Crippen LogP contribution is -2.43. The van der Waals surface area contributed by atoms with Crippen LogP contribution < -0.4 is 10.6 Å². The minimum absolute atomic E-state index is 0.0816. The van der Waals surface area contributed by atoms with Crippen LogP contribution >= 0.6 is 0 Å². The van der Waals surface area contributed by atoms with Crippen LogP contribution in [-0.4, -0.2) is 28.2 Å². The Morgan fingerprint density at radius 3 is 2.54 bits per heavy atom. The standard InChI is InChI=1S/C18H21N3O5/c1-12(13(2)26-11-14-6-4-3-5-7-14)19-18(23)20-16-9-8-15(21(24)25)10-17(16)22/h3-10,12-13,22H,11H2,1-2H3,(H2,19,20,23). The number of non-ortho nitro benzene ring substituents is 1. The van der Waals surface area contributed by atoms with Crippen molar-refractivity contribution >= 4 is 17.4 Å². The summed E-state index contributed by atoms with van der Waals surface area (Å²) in [5.41, 5.74) is 0.856. The van der Waals surface area contributed by atoms with Crippen LogP contribution in [0.3, 0.4) is 0 Å². The van der Waals surface area contributed by atoms with E-state index in [1.807, 2.05) is 37.3 Å². The number of ether oxygens (including phenoxy) is 1. The molecule has 2 rings (SSSR count). The van der Waals surface area contributed by atoms with Crippen molar-refractivity contribution in [3.63, 3.8) is 0 Å². The maximum absolute atomic E-state index is 12.0. The average molecular weight is 359 g/mol. The number of benzene rings is 2. The molecular formula is C18H21N3O5. The van der Waals surface area contributed by atoms with Crippen LogP contribution in [0.2, 0.25) is 0 Å². The number of rotatable bonds is 7. The fourth-order valence-corrected chi connectivity index (χ4v) is 2.17. The molecule has 26 heavy (non-hydrogen) atoms. The topological polar surface area (TPSA) is 114 Å². The van der Waals surface area contributed by atoms with Gasteiger partial charge < -0.3 is 20.5 Å². The van der Waals surface area contributed by atoms with Gasteiger partial charge in [0, 0.05) is 6.07 Å². The number of phenols is 1. The smallest absolute Gasteiger partial charge is 0.319 e.